The van der Waals surface area contributed by atoms with Gasteiger partial charge >= 0.3 is 6.18 Å². The van der Waals surface area contributed by atoms with Crippen molar-refractivity contribution in [2.75, 3.05) is 5.32 Å². The normalized spacial score (nSPS) is 11.6. The number of imidazole rings is 1. The second-order valence-corrected chi connectivity index (χ2v) is 4.67. The predicted octanol–water partition coefficient (Wildman–Crippen LogP) is 1.90. The first kappa shape index (κ1) is 14.6. The van der Waals surface area contributed by atoms with E-state index in [-0.39, 0.29) is 4.47 Å². The highest BCUT2D eigenvalue weighted by molar-refractivity contribution is 9.10. The summed E-state index contributed by atoms with van der Waals surface area (Å²) in [4.78, 5) is 18.4. The Morgan fingerprint density at radius 1 is 1.40 bits per heavy atom. The first-order chi connectivity index (χ1) is 9.37. The van der Waals surface area contributed by atoms with Crippen molar-refractivity contribution in [2.24, 2.45) is 0 Å². The van der Waals surface area contributed by atoms with Crippen LogP contribution in [0.5, 0.6) is 0 Å². The van der Waals surface area contributed by atoms with E-state index < -0.39 is 18.3 Å². The summed E-state index contributed by atoms with van der Waals surface area (Å²) in [5.74, 6) is 0. The van der Waals surface area contributed by atoms with E-state index in [1.807, 2.05) is 0 Å². The average Bonchev–Trinajstić information content (AvgIpc) is 2.86. The molecule has 0 aliphatic rings. The Morgan fingerprint density at radius 2 is 2.15 bits per heavy atom. The van der Waals surface area contributed by atoms with E-state index in [2.05, 4.69) is 36.3 Å². The molecule has 2 rings (SSSR count). The molecule has 2 N–H and O–H groups in total. The zero-order chi connectivity index (χ0) is 14.8. The third-order valence-electron chi connectivity index (χ3n) is 2.34. The van der Waals surface area contributed by atoms with Gasteiger partial charge in [0.15, 0.2) is 0 Å². The lowest BCUT2D eigenvalue weighted by atomic mass is 10.4. The van der Waals surface area contributed by atoms with Gasteiger partial charge in [0.25, 0.3) is 5.56 Å². The SMILES string of the molecule is O=c1c(Br)c(NCc2cnc[nH]2)cnn1CC(F)(F)F. The molecule has 0 saturated carbocycles. The summed E-state index contributed by atoms with van der Waals surface area (Å²) in [6.45, 7) is -1.09. The van der Waals surface area contributed by atoms with Gasteiger partial charge in [-0.25, -0.2) is 9.67 Å². The monoisotopic (exact) mass is 351 g/mol. The molecule has 0 saturated heterocycles. The fourth-order valence-corrected chi connectivity index (χ4v) is 1.89. The van der Waals surface area contributed by atoms with Gasteiger partial charge in [-0.05, 0) is 15.9 Å². The Balaban J connectivity index is 2.16. The maximum absolute atomic E-state index is 12.2. The van der Waals surface area contributed by atoms with Crippen molar-refractivity contribution in [1.29, 1.82) is 0 Å². The molecule has 108 valence electrons. The molecule has 2 heterocycles. The van der Waals surface area contributed by atoms with E-state index in [1.165, 1.54) is 6.33 Å². The number of aromatic amines is 1. The first-order valence-corrected chi connectivity index (χ1v) is 6.19. The summed E-state index contributed by atoms with van der Waals surface area (Å²) in [6.07, 6.45) is -0.264. The Labute approximate surface area is 119 Å². The quantitative estimate of drug-likeness (QED) is 0.882. The molecule has 0 radical (unpaired) electrons. The van der Waals surface area contributed by atoms with E-state index in [0.717, 1.165) is 11.9 Å². The minimum absolute atomic E-state index is 0.00346. The molecule has 2 aromatic rings. The Hall–Kier alpha value is -1.84. The van der Waals surface area contributed by atoms with Gasteiger partial charge < -0.3 is 10.3 Å². The summed E-state index contributed by atoms with van der Waals surface area (Å²) in [6, 6.07) is 0. The van der Waals surface area contributed by atoms with E-state index in [4.69, 9.17) is 0 Å². The zero-order valence-electron chi connectivity index (χ0n) is 9.91. The molecule has 0 bridgehead atoms. The van der Waals surface area contributed by atoms with Crippen LogP contribution in [0, 0.1) is 0 Å². The average molecular weight is 352 g/mol. The van der Waals surface area contributed by atoms with Crippen LogP contribution in [-0.4, -0.2) is 25.9 Å². The third kappa shape index (κ3) is 3.59. The summed E-state index contributed by atoms with van der Waals surface area (Å²) >= 11 is 2.97. The number of hydrogen-bond acceptors (Lipinski definition) is 4. The van der Waals surface area contributed by atoms with Gasteiger partial charge in [0, 0.05) is 6.20 Å². The minimum Gasteiger partial charge on any atom is -0.377 e. The van der Waals surface area contributed by atoms with Crippen molar-refractivity contribution in [1.82, 2.24) is 19.7 Å². The number of nitrogens with one attached hydrogen (secondary N) is 2. The van der Waals surface area contributed by atoms with Crippen LogP contribution in [0.1, 0.15) is 5.69 Å². The smallest absolute Gasteiger partial charge is 0.377 e. The Bertz CT molecular complexity index is 637. The van der Waals surface area contributed by atoms with Gasteiger partial charge in [0.1, 0.15) is 11.0 Å². The van der Waals surface area contributed by atoms with Crippen molar-refractivity contribution in [3.05, 3.63) is 39.2 Å². The zero-order valence-corrected chi connectivity index (χ0v) is 11.5. The van der Waals surface area contributed by atoms with Crippen LogP contribution in [-0.2, 0) is 13.1 Å². The van der Waals surface area contributed by atoms with Gasteiger partial charge in [-0.2, -0.15) is 18.3 Å². The molecular formula is C10H9BrF3N5O. The van der Waals surface area contributed by atoms with E-state index in [1.54, 1.807) is 6.20 Å². The number of nitrogens with zero attached hydrogens (tertiary/aromatic N) is 3. The van der Waals surface area contributed by atoms with Gasteiger partial charge in [-0.15, -0.1) is 0 Å². The highest BCUT2D eigenvalue weighted by atomic mass is 79.9. The molecule has 0 atom stereocenters. The largest absolute Gasteiger partial charge is 0.408 e. The second-order valence-electron chi connectivity index (χ2n) is 3.88. The molecule has 6 nitrogen and oxygen atoms in total. The number of halogens is 4. The number of H-pyrrole nitrogens is 1. The number of anilines is 1. The van der Waals surface area contributed by atoms with Crippen LogP contribution in [0.3, 0.4) is 0 Å². The summed E-state index contributed by atoms with van der Waals surface area (Å²) in [5.41, 5.74) is 0.219. The molecule has 10 heteroatoms. The summed E-state index contributed by atoms with van der Waals surface area (Å²) in [5, 5.41) is 6.36. The van der Waals surface area contributed by atoms with Gasteiger partial charge in [0.05, 0.1) is 30.5 Å². The molecule has 2 aromatic heterocycles. The van der Waals surface area contributed by atoms with Gasteiger partial charge in [-0.3, -0.25) is 4.79 Å². The lowest BCUT2D eigenvalue weighted by Crippen LogP contribution is -2.31. The molecule has 0 unspecified atom stereocenters. The van der Waals surface area contributed by atoms with Crippen LogP contribution in [0.25, 0.3) is 0 Å². The fraction of sp³-hybridized carbons (Fsp3) is 0.300. The topological polar surface area (TPSA) is 75.6 Å². The first-order valence-electron chi connectivity index (χ1n) is 5.40. The Morgan fingerprint density at radius 3 is 2.75 bits per heavy atom. The van der Waals surface area contributed by atoms with E-state index in [9.17, 15) is 18.0 Å². The molecule has 0 aliphatic carbocycles. The standard InChI is InChI=1S/C10H9BrF3N5O/c11-8-7(16-2-6-1-15-5-17-6)3-18-19(9(8)20)4-10(12,13)14/h1,3,5,16H,2,4H2,(H,15,17). The summed E-state index contributed by atoms with van der Waals surface area (Å²) in [7, 11) is 0. The van der Waals surface area contributed by atoms with Crippen molar-refractivity contribution < 1.29 is 13.2 Å². The molecule has 0 aromatic carbocycles. The summed E-state index contributed by atoms with van der Waals surface area (Å²) < 4.78 is 37.1. The van der Waals surface area contributed by atoms with Crippen molar-refractivity contribution >= 4 is 21.6 Å². The van der Waals surface area contributed by atoms with Crippen molar-refractivity contribution in [3.8, 4) is 0 Å². The maximum Gasteiger partial charge on any atom is 0.408 e. The molecule has 0 spiro atoms. The van der Waals surface area contributed by atoms with Crippen molar-refractivity contribution in [3.63, 3.8) is 0 Å². The van der Waals surface area contributed by atoms with Crippen LogP contribution >= 0.6 is 15.9 Å². The molecule has 0 aliphatic heterocycles. The molecule has 0 amide bonds. The van der Waals surface area contributed by atoms with Crippen LogP contribution in [0.4, 0.5) is 18.9 Å². The number of rotatable bonds is 4. The highest BCUT2D eigenvalue weighted by Gasteiger charge is 2.29. The highest BCUT2D eigenvalue weighted by Crippen LogP contribution is 2.19. The Kier molecular flexibility index (Phi) is 4.12. The lowest BCUT2D eigenvalue weighted by Gasteiger charge is -2.11. The van der Waals surface area contributed by atoms with Gasteiger partial charge in [-0.1, -0.05) is 0 Å². The van der Waals surface area contributed by atoms with E-state index >= 15 is 0 Å². The van der Waals surface area contributed by atoms with Gasteiger partial charge in [0.2, 0.25) is 0 Å². The number of alkyl halides is 3. The van der Waals surface area contributed by atoms with E-state index in [0.29, 0.717) is 16.9 Å². The van der Waals surface area contributed by atoms with Crippen LogP contribution < -0.4 is 10.9 Å². The van der Waals surface area contributed by atoms with Crippen molar-refractivity contribution in [2.45, 2.75) is 19.3 Å². The molecule has 20 heavy (non-hydrogen) atoms. The minimum atomic E-state index is -4.50. The number of hydrogen-bond donors (Lipinski definition) is 2. The lowest BCUT2D eigenvalue weighted by molar-refractivity contribution is -0.143. The fourth-order valence-electron chi connectivity index (χ4n) is 1.44. The number of aromatic nitrogens is 4. The maximum atomic E-state index is 12.2. The second kappa shape index (κ2) is 5.65. The molecular weight excluding hydrogens is 343 g/mol. The van der Waals surface area contributed by atoms with Crippen LogP contribution in [0.2, 0.25) is 0 Å². The third-order valence-corrected chi connectivity index (χ3v) is 3.10. The van der Waals surface area contributed by atoms with Crippen LogP contribution in [0.15, 0.2) is 28.0 Å². The molecule has 0 fully saturated rings. The predicted molar refractivity (Wildman–Crippen MR) is 68.2 cm³/mol.